The molecule has 4 rings (SSSR count). The first-order chi connectivity index (χ1) is 11.6. The number of aromatic nitrogens is 2. The summed E-state index contributed by atoms with van der Waals surface area (Å²) in [5.74, 6) is 0.231. The van der Waals surface area contributed by atoms with E-state index in [1.807, 2.05) is 37.3 Å². The van der Waals surface area contributed by atoms with E-state index >= 15 is 0 Å². The quantitative estimate of drug-likeness (QED) is 0.586. The number of nitrogens with one attached hydrogen (secondary N) is 2. The summed E-state index contributed by atoms with van der Waals surface area (Å²) >= 11 is 1.31. The number of pyridine rings is 2. The highest BCUT2D eigenvalue weighted by molar-refractivity contribution is 7.21. The highest BCUT2D eigenvalue weighted by atomic mass is 32.1. The largest absolute Gasteiger partial charge is 0.321 e. The Hall–Kier alpha value is -2.99. The molecule has 0 unspecified atom stereocenters. The molecule has 3 heterocycles. The predicted molar refractivity (Wildman–Crippen MR) is 96.9 cm³/mol. The number of hydrogen-bond acceptors (Lipinski definition) is 4. The lowest BCUT2D eigenvalue weighted by molar-refractivity contribution is 0.103. The Bertz CT molecular complexity index is 1140. The SMILES string of the molecule is Cc1ccnc(NC(=O)c2cc3c(=O)[nH]c4ccccc4c3s2)c1. The molecule has 1 amide bonds. The summed E-state index contributed by atoms with van der Waals surface area (Å²) in [6.07, 6.45) is 1.65. The van der Waals surface area contributed by atoms with Crippen LogP contribution in [0.1, 0.15) is 15.2 Å². The normalized spacial score (nSPS) is 11.0. The fourth-order valence-corrected chi connectivity index (χ4v) is 3.72. The van der Waals surface area contributed by atoms with E-state index in [4.69, 9.17) is 0 Å². The number of H-pyrrole nitrogens is 1. The van der Waals surface area contributed by atoms with Gasteiger partial charge in [-0.25, -0.2) is 4.98 Å². The molecule has 6 heteroatoms. The maximum absolute atomic E-state index is 12.5. The van der Waals surface area contributed by atoms with Crippen molar-refractivity contribution in [3.8, 4) is 0 Å². The molecule has 0 spiro atoms. The first kappa shape index (κ1) is 14.6. The summed E-state index contributed by atoms with van der Waals surface area (Å²) in [4.78, 5) is 32.2. The molecular weight excluding hydrogens is 322 g/mol. The van der Waals surface area contributed by atoms with Crippen LogP contribution < -0.4 is 10.9 Å². The van der Waals surface area contributed by atoms with Crippen molar-refractivity contribution in [1.29, 1.82) is 0 Å². The van der Waals surface area contributed by atoms with Crippen LogP contribution in [0, 0.1) is 6.92 Å². The first-order valence-corrected chi connectivity index (χ1v) is 8.22. The molecule has 0 fully saturated rings. The number of amides is 1. The van der Waals surface area contributed by atoms with Crippen molar-refractivity contribution >= 4 is 44.1 Å². The third-order valence-corrected chi connectivity index (χ3v) is 4.94. The average molecular weight is 335 g/mol. The lowest BCUT2D eigenvalue weighted by Crippen LogP contribution is -2.11. The second kappa shape index (κ2) is 5.58. The molecule has 24 heavy (non-hydrogen) atoms. The van der Waals surface area contributed by atoms with E-state index < -0.39 is 0 Å². The van der Waals surface area contributed by atoms with Crippen molar-refractivity contribution in [2.24, 2.45) is 0 Å². The van der Waals surface area contributed by atoms with Gasteiger partial charge in [0.15, 0.2) is 0 Å². The highest BCUT2D eigenvalue weighted by Crippen LogP contribution is 2.29. The molecule has 0 aliphatic carbocycles. The molecule has 0 radical (unpaired) electrons. The minimum atomic E-state index is -0.266. The summed E-state index contributed by atoms with van der Waals surface area (Å²) < 4.78 is 0.816. The molecule has 1 aromatic carbocycles. The molecular formula is C18H13N3O2S. The van der Waals surface area contributed by atoms with E-state index in [9.17, 15) is 9.59 Å². The number of aromatic amines is 1. The Balaban J connectivity index is 1.80. The predicted octanol–water partition coefficient (Wildman–Crippen LogP) is 3.70. The van der Waals surface area contributed by atoms with Crippen molar-refractivity contribution in [1.82, 2.24) is 9.97 Å². The minimum absolute atomic E-state index is 0.187. The van der Waals surface area contributed by atoms with Crippen molar-refractivity contribution in [3.63, 3.8) is 0 Å². The van der Waals surface area contributed by atoms with Crippen LogP contribution in [0.3, 0.4) is 0 Å². The lowest BCUT2D eigenvalue weighted by Gasteiger charge is -2.02. The van der Waals surface area contributed by atoms with E-state index in [2.05, 4.69) is 15.3 Å². The van der Waals surface area contributed by atoms with Crippen LogP contribution >= 0.6 is 11.3 Å². The van der Waals surface area contributed by atoms with Gasteiger partial charge in [-0.15, -0.1) is 11.3 Å². The molecule has 2 N–H and O–H groups in total. The number of rotatable bonds is 2. The summed E-state index contributed by atoms with van der Waals surface area (Å²) in [6, 6.07) is 12.9. The van der Waals surface area contributed by atoms with Crippen molar-refractivity contribution in [2.45, 2.75) is 6.92 Å². The second-order valence-corrected chi connectivity index (χ2v) is 6.58. The number of thiophene rings is 1. The van der Waals surface area contributed by atoms with E-state index in [1.165, 1.54) is 11.3 Å². The van der Waals surface area contributed by atoms with Crippen LogP contribution in [-0.4, -0.2) is 15.9 Å². The molecule has 0 atom stereocenters. The molecule has 0 aliphatic rings. The van der Waals surface area contributed by atoms with Crippen LogP contribution in [0.2, 0.25) is 0 Å². The number of carbonyl (C=O) groups excluding carboxylic acids is 1. The maximum Gasteiger partial charge on any atom is 0.266 e. The maximum atomic E-state index is 12.5. The number of fused-ring (bicyclic) bond motifs is 3. The zero-order valence-corrected chi connectivity index (χ0v) is 13.6. The van der Waals surface area contributed by atoms with Gasteiger partial charge in [0.25, 0.3) is 11.5 Å². The van der Waals surface area contributed by atoms with E-state index in [0.29, 0.717) is 16.1 Å². The minimum Gasteiger partial charge on any atom is -0.321 e. The van der Waals surface area contributed by atoms with Gasteiger partial charge in [-0.2, -0.15) is 0 Å². The summed E-state index contributed by atoms with van der Waals surface area (Å²) in [7, 11) is 0. The zero-order chi connectivity index (χ0) is 16.7. The monoisotopic (exact) mass is 335 g/mol. The lowest BCUT2D eigenvalue weighted by atomic mass is 10.2. The fourth-order valence-electron chi connectivity index (χ4n) is 2.63. The molecule has 0 bridgehead atoms. The van der Waals surface area contributed by atoms with Crippen molar-refractivity contribution in [2.75, 3.05) is 5.32 Å². The second-order valence-electron chi connectivity index (χ2n) is 5.53. The first-order valence-electron chi connectivity index (χ1n) is 7.40. The van der Waals surface area contributed by atoms with Gasteiger partial charge in [0.1, 0.15) is 5.82 Å². The molecule has 4 aromatic rings. The number of anilines is 1. The summed E-state index contributed by atoms with van der Waals surface area (Å²) in [5, 5.41) is 4.24. The van der Waals surface area contributed by atoms with Crippen LogP contribution in [0.25, 0.3) is 21.0 Å². The van der Waals surface area contributed by atoms with Crippen LogP contribution in [-0.2, 0) is 0 Å². The summed E-state index contributed by atoms with van der Waals surface area (Å²) in [6.45, 7) is 1.93. The Labute approximate surface area is 141 Å². The van der Waals surface area contributed by atoms with Gasteiger partial charge in [0.2, 0.25) is 0 Å². The van der Waals surface area contributed by atoms with Gasteiger partial charge in [0, 0.05) is 21.8 Å². The number of hydrogen-bond donors (Lipinski definition) is 2. The third kappa shape index (κ3) is 2.47. The number of aryl methyl sites for hydroxylation is 1. The van der Waals surface area contributed by atoms with Crippen LogP contribution in [0.4, 0.5) is 5.82 Å². The van der Waals surface area contributed by atoms with Gasteiger partial charge in [-0.05, 0) is 36.8 Å². The van der Waals surface area contributed by atoms with Gasteiger partial charge in [-0.1, -0.05) is 18.2 Å². The topological polar surface area (TPSA) is 74.8 Å². The van der Waals surface area contributed by atoms with Crippen molar-refractivity contribution < 1.29 is 4.79 Å². The number of para-hydroxylation sites is 1. The third-order valence-electron chi connectivity index (χ3n) is 3.78. The van der Waals surface area contributed by atoms with Gasteiger partial charge in [0.05, 0.1) is 10.3 Å². The van der Waals surface area contributed by atoms with Gasteiger partial charge >= 0.3 is 0 Å². The van der Waals surface area contributed by atoms with E-state index in [-0.39, 0.29) is 11.5 Å². The molecule has 118 valence electrons. The Morgan fingerprint density at radius 3 is 2.83 bits per heavy atom. The number of carbonyl (C=O) groups is 1. The molecule has 0 saturated heterocycles. The molecule has 0 aliphatic heterocycles. The highest BCUT2D eigenvalue weighted by Gasteiger charge is 2.15. The smallest absolute Gasteiger partial charge is 0.266 e. The fraction of sp³-hybridized carbons (Fsp3) is 0.0556. The van der Waals surface area contributed by atoms with Crippen molar-refractivity contribution in [3.05, 3.63) is 69.5 Å². The van der Waals surface area contributed by atoms with Gasteiger partial charge in [-0.3, -0.25) is 9.59 Å². The van der Waals surface area contributed by atoms with Crippen LogP contribution in [0.5, 0.6) is 0 Å². The average Bonchev–Trinajstić information content (AvgIpc) is 3.01. The number of benzene rings is 1. The van der Waals surface area contributed by atoms with Gasteiger partial charge < -0.3 is 10.3 Å². The zero-order valence-electron chi connectivity index (χ0n) is 12.8. The Morgan fingerprint density at radius 1 is 1.17 bits per heavy atom. The molecule has 0 saturated carbocycles. The Morgan fingerprint density at radius 2 is 2.00 bits per heavy atom. The standard InChI is InChI=1S/C18H13N3O2S/c1-10-6-7-19-15(8-10)21-18(23)14-9-12-16(24-14)11-4-2-3-5-13(11)20-17(12)22/h2-9H,1H3,(H,20,22)(H,19,21,23). The Kier molecular flexibility index (Phi) is 3.39. The van der Waals surface area contributed by atoms with E-state index in [0.717, 1.165) is 21.2 Å². The van der Waals surface area contributed by atoms with E-state index in [1.54, 1.807) is 18.3 Å². The number of nitrogens with zero attached hydrogens (tertiary/aromatic N) is 1. The molecule has 3 aromatic heterocycles. The molecule has 5 nitrogen and oxygen atoms in total. The summed E-state index contributed by atoms with van der Waals surface area (Å²) in [5.41, 5.74) is 1.59. The van der Waals surface area contributed by atoms with Crippen LogP contribution in [0.15, 0.2) is 53.5 Å².